The van der Waals surface area contributed by atoms with Gasteiger partial charge in [0.2, 0.25) is 0 Å². The number of carbonyl (C=O) groups is 1. The highest BCUT2D eigenvalue weighted by Gasteiger charge is 2.28. The molecule has 1 aromatic heterocycles. The molecule has 7 nitrogen and oxygen atoms in total. The van der Waals surface area contributed by atoms with Gasteiger partial charge in [-0.1, -0.05) is 6.92 Å². The molecule has 1 fully saturated rings. The highest BCUT2D eigenvalue weighted by Crippen LogP contribution is 2.17. The van der Waals surface area contributed by atoms with E-state index in [9.17, 15) is 4.79 Å². The van der Waals surface area contributed by atoms with Gasteiger partial charge < -0.3 is 15.4 Å². The number of ether oxygens (including phenoxy) is 1. The molecule has 0 bridgehead atoms. The van der Waals surface area contributed by atoms with E-state index in [1.54, 1.807) is 4.90 Å². The Bertz CT molecular complexity index is 490. The zero-order chi connectivity index (χ0) is 13.1. The van der Waals surface area contributed by atoms with Crippen molar-refractivity contribution in [1.29, 1.82) is 5.26 Å². The lowest BCUT2D eigenvalue weighted by Crippen LogP contribution is -2.45. The van der Waals surface area contributed by atoms with Crippen LogP contribution in [0.3, 0.4) is 0 Å². The molecule has 2 rings (SSSR count). The van der Waals surface area contributed by atoms with Crippen LogP contribution in [0.4, 0.5) is 5.69 Å². The average Bonchev–Trinajstić information content (AvgIpc) is 2.79. The van der Waals surface area contributed by atoms with Crippen molar-refractivity contribution in [3.8, 4) is 6.07 Å². The van der Waals surface area contributed by atoms with Gasteiger partial charge in [0.05, 0.1) is 30.6 Å². The molecule has 1 aliphatic heterocycles. The minimum absolute atomic E-state index is 0.227. The molecule has 2 heterocycles. The van der Waals surface area contributed by atoms with Crippen LogP contribution in [0, 0.1) is 11.3 Å². The van der Waals surface area contributed by atoms with E-state index in [1.165, 1.54) is 0 Å². The van der Waals surface area contributed by atoms with Crippen LogP contribution < -0.4 is 5.73 Å². The number of nitrogens with one attached hydrogen (secondary N) is 1. The van der Waals surface area contributed by atoms with Crippen LogP contribution in [0.15, 0.2) is 0 Å². The molecule has 1 saturated heterocycles. The number of hydrogen-bond acceptors (Lipinski definition) is 5. The molecule has 7 heteroatoms. The fraction of sp³-hybridized carbons (Fsp3) is 0.545. The number of H-pyrrole nitrogens is 1. The molecule has 0 spiro atoms. The van der Waals surface area contributed by atoms with Gasteiger partial charge in [-0.15, -0.1) is 0 Å². The maximum atomic E-state index is 12.2. The highest BCUT2D eigenvalue weighted by molar-refractivity contribution is 5.97. The number of nitrogens with zero attached hydrogens (tertiary/aromatic N) is 3. The summed E-state index contributed by atoms with van der Waals surface area (Å²) in [4.78, 5) is 13.8. The Morgan fingerprint density at radius 2 is 2.56 bits per heavy atom. The normalized spacial score (nSPS) is 19.6. The molecule has 1 amide bonds. The molecule has 3 N–H and O–H groups in total. The van der Waals surface area contributed by atoms with Gasteiger partial charge in [0.15, 0.2) is 11.8 Å². The Labute approximate surface area is 105 Å². The lowest BCUT2D eigenvalue weighted by atomic mass is 10.2. The Morgan fingerprint density at radius 3 is 3.17 bits per heavy atom. The van der Waals surface area contributed by atoms with E-state index >= 15 is 0 Å². The van der Waals surface area contributed by atoms with Crippen molar-refractivity contribution in [2.45, 2.75) is 19.4 Å². The summed E-state index contributed by atoms with van der Waals surface area (Å²) in [5, 5.41) is 15.5. The van der Waals surface area contributed by atoms with Crippen LogP contribution in [0.5, 0.6) is 0 Å². The SMILES string of the molecule is CCc1[nH]nc(C(=O)N2CCOC(C#N)C2)c1N. The van der Waals surface area contributed by atoms with Crippen LogP contribution >= 0.6 is 0 Å². The van der Waals surface area contributed by atoms with Gasteiger partial charge in [0.25, 0.3) is 5.91 Å². The van der Waals surface area contributed by atoms with E-state index < -0.39 is 6.10 Å². The first-order valence-electron chi connectivity index (χ1n) is 5.80. The second-order valence-corrected chi connectivity index (χ2v) is 4.06. The zero-order valence-electron chi connectivity index (χ0n) is 10.1. The van der Waals surface area contributed by atoms with E-state index in [0.717, 1.165) is 5.69 Å². The molecule has 1 atom stereocenters. The summed E-state index contributed by atoms with van der Waals surface area (Å²) in [6.07, 6.45) is 0.115. The lowest BCUT2D eigenvalue weighted by Gasteiger charge is -2.29. The molecule has 1 aliphatic rings. The van der Waals surface area contributed by atoms with Gasteiger partial charge in [-0.25, -0.2) is 0 Å². The van der Waals surface area contributed by atoms with Gasteiger partial charge in [0.1, 0.15) is 0 Å². The van der Waals surface area contributed by atoms with E-state index in [1.807, 2.05) is 13.0 Å². The minimum Gasteiger partial charge on any atom is -0.395 e. The number of nitriles is 1. The number of carbonyl (C=O) groups excluding carboxylic acids is 1. The van der Waals surface area contributed by atoms with Crippen molar-refractivity contribution >= 4 is 11.6 Å². The van der Waals surface area contributed by atoms with Crippen molar-refractivity contribution in [1.82, 2.24) is 15.1 Å². The van der Waals surface area contributed by atoms with Crippen molar-refractivity contribution in [2.24, 2.45) is 0 Å². The summed E-state index contributed by atoms with van der Waals surface area (Å²) in [5.74, 6) is -0.257. The third kappa shape index (κ3) is 2.15. The van der Waals surface area contributed by atoms with Crippen molar-refractivity contribution in [2.75, 3.05) is 25.4 Å². The van der Waals surface area contributed by atoms with Crippen molar-refractivity contribution < 1.29 is 9.53 Å². The average molecular weight is 249 g/mol. The minimum atomic E-state index is -0.575. The molecule has 1 unspecified atom stereocenters. The number of morpholine rings is 1. The molecule has 18 heavy (non-hydrogen) atoms. The first kappa shape index (κ1) is 12.4. The monoisotopic (exact) mass is 249 g/mol. The van der Waals surface area contributed by atoms with Gasteiger partial charge in [-0.3, -0.25) is 9.89 Å². The Morgan fingerprint density at radius 1 is 1.78 bits per heavy atom. The second-order valence-electron chi connectivity index (χ2n) is 4.06. The van der Waals surface area contributed by atoms with Gasteiger partial charge in [-0.05, 0) is 6.42 Å². The maximum absolute atomic E-state index is 12.2. The Hall–Kier alpha value is -2.07. The molecule has 96 valence electrons. The predicted octanol–water partition coefficient (Wildman–Crippen LogP) is -0.0811. The first-order valence-corrected chi connectivity index (χ1v) is 5.80. The van der Waals surface area contributed by atoms with Gasteiger partial charge in [-0.2, -0.15) is 10.4 Å². The number of hydrogen-bond donors (Lipinski definition) is 2. The number of aromatic nitrogens is 2. The standard InChI is InChI=1S/C11H15N5O2/c1-2-8-9(13)10(15-14-8)11(17)16-3-4-18-7(5-12)6-16/h7H,2-4,6,13H2,1H3,(H,14,15). The number of aromatic amines is 1. The second kappa shape index (κ2) is 5.06. The summed E-state index contributed by atoms with van der Waals surface area (Å²) in [5.41, 5.74) is 7.22. The Balaban J connectivity index is 2.16. The molecule has 0 saturated carbocycles. The molecule has 0 aromatic carbocycles. The topological polar surface area (TPSA) is 108 Å². The highest BCUT2D eigenvalue weighted by atomic mass is 16.5. The van der Waals surface area contributed by atoms with Crippen LogP contribution in [-0.2, 0) is 11.2 Å². The third-order valence-corrected chi connectivity index (χ3v) is 2.94. The fourth-order valence-electron chi connectivity index (χ4n) is 1.88. The van der Waals surface area contributed by atoms with Gasteiger partial charge >= 0.3 is 0 Å². The summed E-state index contributed by atoms with van der Waals surface area (Å²) in [6.45, 7) is 2.99. The summed E-state index contributed by atoms with van der Waals surface area (Å²) in [7, 11) is 0. The van der Waals surface area contributed by atoms with Crippen LogP contribution in [0.25, 0.3) is 0 Å². The van der Waals surface area contributed by atoms with Crippen molar-refractivity contribution in [3.05, 3.63) is 11.4 Å². The van der Waals surface area contributed by atoms with Crippen LogP contribution in [0.1, 0.15) is 23.1 Å². The van der Waals surface area contributed by atoms with E-state index in [0.29, 0.717) is 25.3 Å². The lowest BCUT2D eigenvalue weighted by molar-refractivity contribution is 0.00324. The van der Waals surface area contributed by atoms with Crippen molar-refractivity contribution in [3.63, 3.8) is 0 Å². The summed E-state index contributed by atoms with van der Waals surface area (Å²) < 4.78 is 5.19. The molecular formula is C11H15N5O2. The fourth-order valence-corrected chi connectivity index (χ4v) is 1.88. The summed E-state index contributed by atoms with van der Waals surface area (Å²) >= 11 is 0. The smallest absolute Gasteiger partial charge is 0.276 e. The predicted molar refractivity (Wildman–Crippen MR) is 63.6 cm³/mol. The van der Waals surface area contributed by atoms with E-state index in [2.05, 4.69) is 10.2 Å². The summed E-state index contributed by atoms with van der Waals surface area (Å²) in [6, 6.07) is 2.00. The first-order chi connectivity index (χ1) is 8.67. The number of amides is 1. The maximum Gasteiger partial charge on any atom is 0.276 e. The van der Waals surface area contributed by atoms with Crippen LogP contribution in [0.2, 0.25) is 0 Å². The van der Waals surface area contributed by atoms with E-state index in [-0.39, 0.29) is 18.1 Å². The third-order valence-electron chi connectivity index (χ3n) is 2.94. The van der Waals surface area contributed by atoms with Gasteiger partial charge in [0, 0.05) is 6.54 Å². The molecule has 0 aliphatic carbocycles. The number of anilines is 1. The van der Waals surface area contributed by atoms with Crippen LogP contribution in [-0.4, -0.2) is 46.8 Å². The quantitative estimate of drug-likeness (QED) is 0.762. The molecule has 0 radical (unpaired) electrons. The molecule has 1 aromatic rings. The number of nitrogens with two attached hydrogens (primary N) is 1. The Kier molecular flexibility index (Phi) is 3.48. The number of aryl methyl sites for hydroxylation is 1. The largest absolute Gasteiger partial charge is 0.395 e. The number of rotatable bonds is 2. The zero-order valence-corrected chi connectivity index (χ0v) is 10.1. The molecular weight excluding hydrogens is 234 g/mol. The number of nitrogen functional groups attached to an aromatic ring is 1. The van der Waals surface area contributed by atoms with E-state index in [4.69, 9.17) is 15.7 Å².